The van der Waals surface area contributed by atoms with Gasteiger partial charge in [0.25, 0.3) is 0 Å². The van der Waals surface area contributed by atoms with Gasteiger partial charge in [-0.1, -0.05) is 30.3 Å². The van der Waals surface area contributed by atoms with E-state index in [9.17, 15) is 21.6 Å². The number of hydrogen-bond acceptors (Lipinski definition) is 7. The minimum absolute atomic E-state index is 0.108. The molecule has 208 valence electrons. The minimum atomic E-state index is -3.82. The van der Waals surface area contributed by atoms with Crippen LogP contribution in [0.15, 0.2) is 83.8 Å². The van der Waals surface area contributed by atoms with Gasteiger partial charge in [0.05, 0.1) is 23.4 Å². The van der Waals surface area contributed by atoms with Gasteiger partial charge in [0.1, 0.15) is 24.7 Å². The lowest BCUT2D eigenvalue weighted by molar-refractivity contribution is -0.119. The number of hydrogen-bond donors (Lipinski definition) is 1. The van der Waals surface area contributed by atoms with E-state index in [-0.39, 0.29) is 23.7 Å². The number of nitrogens with zero attached hydrogens (tertiary/aromatic N) is 2. The Morgan fingerprint density at radius 1 is 0.872 bits per heavy atom. The fourth-order valence-electron chi connectivity index (χ4n) is 4.08. The Morgan fingerprint density at radius 3 is 2.18 bits per heavy atom. The van der Waals surface area contributed by atoms with Gasteiger partial charge in [0.15, 0.2) is 5.75 Å². The van der Waals surface area contributed by atoms with E-state index in [0.29, 0.717) is 30.3 Å². The van der Waals surface area contributed by atoms with E-state index in [1.54, 1.807) is 60.7 Å². The summed E-state index contributed by atoms with van der Waals surface area (Å²) in [5, 5.41) is 2.65. The van der Waals surface area contributed by atoms with Crippen molar-refractivity contribution in [3.63, 3.8) is 0 Å². The first kappa shape index (κ1) is 28.4. The number of benzene rings is 3. The van der Waals surface area contributed by atoms with Crippen molar-refractivity contribution in [1.82, 2.24) is 9.62 Å². The number of carbonyl (C=O) groups is 1. The van der Waals surface area contributed by atoms with Gasteiger partial charge in [0.2, 0.25) is 26.0 Å². The van der Waals surface area contributed by atoms with Crippen molar-refractivity contribution in [3.05, 3.63) is 78.9 Å². The van der Waals surface area contributed by atoms with Gasteiger partial charge in [-0.05, 0) is 61.4 Å². The summed E-state index contributed by atoms with van der Waals surface area (Å²) in [7, 11) is -7.32. The average molecular weight is 574 g/mol. The fraction of sp³-hybridized carbons (Fsp3) is 0.296. The highest BCUT2D eigenvalue weighted by atomic mass is 32.2. The maximum Gasteiger partial charge on any atom is 0.243 e. The molecule has 0 aliphatic carbocycles. The van der Waals surface area contributed by atoms with Gasteiger partial charge in [-0.3, -0.25) is 9.10 Å². The van der Waals surface area contributed by atoms with E-state index in [1.807, 2.05) is 6.07 Å². The molecule has 0 radical (unpaired) electrons. The van der Waals surface area contributed by atoms with Crippen LogP contribution in [0, 0.1) is 0 Å². The average Bonchev–Trinajstić information content (AvgIpc) is 3.47. The molecule has 4 rings (SSSR count). The predicted octanol–water partition coefficient (Wildman–Crippen LogP) is 3.22. The van der Waals surface area contributed by atoms with Crippen LogP contribution in [0.1, 0.15) is 12.8 Å². The van der Waals surface area contributed by atoms with E-state index in [0.717, 1.165) is 23.4 Å². The molecule has 1 aliphatic rings. The molecule has 0 bridgehead atoms. The van der Waals surface area contributed by atoms with Gasteiger partial charge in [-0.25, -0.2) is 16.8 Å². The van der Waals surface area contributed by atoms with Gasteiger partial charge < -0.3 is 14.8 Å². The number of amides is 1. The Labute approximate surface area is 229 Å². The molecule has 1 N–H and O–H groups in total. The SMILES string of the molecule is CS(=O)(=O)N(CC(=O)NCCOc1ccc(S(=O)(=O)N2CCCC2)cc1)c1ccccc1Oc1ccccc1. The molecule has 0 aromatic heterocycles. The van der Waals surface area contributed by atoms with Crippen LogP contribution in [-0.4, -0.2) is 66.1 Å². The molecule has 1 saturated heterocycles. The van der Waals surface area contributed by atoms with Gasteiger partial charge in [-0.2, -0.15) is 4.31 Å². The van der Waals surface area contributed by atoms with Crippen LogP contribution < -0.4 is 19.1 Å². The molecule has 0 spiro atoms. The Hall–Kier alpha value is -3.61. The Balaban J connectivity index is 1.32. The minimum Gasteiger partial charge on any atom is -0.492 e. The summed E-state index contributed by atoms with van der Waals surface area (Å²) in [5.41, 5.74) is 0.235. The highest BCUT2D eigenvalue weighted by Gasteiger charge is 2.27. The molecular weight excluding hydrogens is 542 g/mol. The zero-order valence-corrected chi connectivity index (χ0v) is 23.2. The first-order valence-corrected chi connectivity index (χ1v) is 15.7. The van der Waals surface area contributed by atoms with E-state index >= 15 is 0 Å². The van der Waals surface area contributed by atoms with E-state index in [4.69, 9.17) is 9.47 Å². The topological polar surface area (TPSA) is 122 Å². The molecule has 1 heterocycles. The number of carbonyl (C=O) groups excluding carboxylic acids is 1. The summed E-state index contributed by atoms with van der Waals surface area (Å²) in [6.45, 7) is 0.839. The number of nitrogens with one attached hydrogen (secondary N) is 1. The summed E-state index contributed by atoms with van der Waals surface area (Å²) in [4.78, 5) is 12.9. The Bertz CT molecular complexity index is 1470. The maximum absolute atomic E-state index is 12.7. The third kappa shape index (κ3) is 7.49. The Morgan fingerprint density at radius 2 is 1.51 bits per heavy atom. The lowest BCUT2D eigenvalue weighted by atomic mass is 10.3. The van der Waals surface area contributed by atoms with Crippen LogP contribution in [0.4, 0.5) is 5.69 Å². The van der Waals surface area contributed by atoms with Crippen molar-refractivity contribution in [3.8, 4) is 17.2 Å². The monoisotopic (exact) mass is 573 g/mol. The largest absolute Gasteiger partial charge is 0.492 e. The van der Waals surface area contributed by atoms with Crippen LogP contribution in [0.5, 0.6) is 17.2 Å². The first-order chi connectivity index (χ1) is 18.6. The summed E-state index contributed by atoms with van der Waals surface area (Å²) >= 11 is 0. The van der Waals surface area contributed by atoms with Gasteiger partial charge >= 0.3 is 0 Å². The van der Waals surface area contributed by atoms with Crippen molar-refractivity contribution in [1.29, 1.82) is 0 Å². The molecule has 1 fully saturated rings. The fourth-order valence-corrected chi connectivity index (χ4v) is 6.45. The van der Waals surface area contributed by atoms with Crippen molar-refractivity contribution in [2.75, 3.05) is 43.3 Å². The van der Waals surface area contributed by atoms with Crippen LogP contribution in [0.25, 0.3) is 0 Å². The van der Waals surface area contributed by atoms with Crippen LogP contribution in [0.2, 0.25) is 0 Å². The number of rotatable bonds is 12. The molecular formula is C27H31N3O7S2. The molecule has 3 aromatic rings. The summed E-state index contributed by atoms with van der Waals surface area (Å²) in [6, 6.07) is 21.7. The maximum atomic E-state index is 12.7. The van der Waals surface area contributed by atoms with Crippen LogP contribution in [-0.2, 0) is 24.8 Å². The second-order valence-corrected chi connectivity index (χ2v) is 12.8. The molecule has 3 aromatic carbocycles. The number of para-hydroxylation sites is 3. The molecule has 1 amide bonds. The summed E-state index contributed by atoms with van der Waals surface area (Å²) in [6.07, 6.45) is 2.75. The van der Waals surface area contributed by atoms with Crippen molar-refractivity contribution in [2.45, 2.75) is 17.7 Å². The van der Waals surface area contributed by atoms with Crippen LogP contribution in [0.3, 0.4) is 0 Å². The third-order valence-electron chi connectivity index (χ3n) is 6.01. The highest BCUT2D eigenvalue weighted by molar-refractivity contribution is 7.92. The quantitative estimate of drug-likeness (QED) is 0.330. The molecule has 0 saturated carbocycles. The lowest BCUT2D eigenvalue weighted by Gasteiger charge is -2.24. The molecule has 39 heavy (non-hydrogen) atoms. The molecule has 0 atom stereocenters. The standard InChI is InChI=1S/C27H31N3O7S2/c1-38(32,33)30(25-11-5-6-12-26(25)37-23-9-3-2-4-10-23)21-27(31)28-17-20-36-22-13-15-24(16-14-22)39(34,35)29-18-7-8-19-29/h2-6,9-16H,7-8,17-21H2,1H3,(H,28,31). The number of anilines is 1. The summed E-state index contributed by atoms with van der Waals surface area (Å²) in [5.74, 6) is 0.752. The molecule has 12 heteroatoms. The zero-order valence-electron chi connectivity index (χ0n) is 21.5. The van der Waals surface area contributed by atoms with Crippen LogP contribution >= 0.6 is 0 Å². The molecule has 0 unspecified atom stereocenters. The number of sulfonamides is 2. The van der Waals surface area contributed by atoms with E-state index in [2.05, 4.69) is 5.32 Å². The van der Waals surface area contributed by atoms with Gasteiger partial charge in [0, 0.05) is 13.1 Å². The van der Waals surface area contributed by atoms with Gasteiger partial charge in [-0.15, -0.1) is 0 Å². The predicted molar refractivity (Wildman–Crippen MR) is 148 cm³/mol. The first-order valence-electron chi connectivity index (χ1n) is 12.4. The highest BCUT2D eigenvalue weighted by Crippen LogP contribution is 2.33. The third-order valence-corrected chi connectivity index (χ3v) is 9.05. The van der Waals surface area contributed by atoms with Crippen molar-refractivity contribution < 1.29 is 31.1 Å². The molecule has 1 aliphatic heterocycles. The molecule has 10 nitrogen and oxygen atoms in total. The smallest absolute Gasteiger partial charge is 0.243 e. The van der Waals surface area contributed by atoms with E-state index in [1.165, 1.54) is 16.4 Å². The number of ether oxygens (including phenoxy) is 2. The van der Waals surface area contributed by atoms with Crippen molar-refractivity contribution >= 4 is 31.6 Å². The van der Waals surface area contributed by atoms with Crippen molar-refractivity contribution in [2.24, 2.45) is 0 Å². The summed E-state index contributed by atoms with van der Waals surface area (Å²) < 4.78 is 64.4. The second-order valence-electron chi connectivity index (χ2n) is 8.93. The Kier molecular flexibility index (Phi) is 9.10. The van der Waals surface area contributed by atoms with E-state index < -0.39 is 32.5 Å². The normalized spacial score (nSPS) is 14.1. The lowest BCUT2D eigenvalue weighted by Crippen LogP contribution is -2.41. The second kappa shape index (κ2) is 12.5. The zero-order chi connectivity index (χ0) is 27.9.